The van der Waals surface area contributed by atoms with Gasteiger partial charge in [-0.2, -0.15) is 0 Å². The summed E-state index contributed by atoms with van der Waals surface area (Å²) in [6, 6.07) is 11.1. The van der Waals surface area contributed by atoms with E-state index in [0.717, 1.165) is 22.7 Å². The van der Waals surface area contributed by atoms with Crippen LogP contribution in [0, 0.1) is 15.9 Å². The molecule has 1 aromatic heterocycles. The summed E-state index contributed by atoms with van der Waals surface area (Å²) in [7, 11) is 0. The minimum Gasteiger partial charge on any atom is -0.457 e. The molecule has 0 unspecified atom stereocenters. The third-order valence-electron chi connectivity index (χ3n) is 4.54. The molecule has 7 nitrogen and oxygen atoms in total. The van der Waals surface area contributed by atoms with Crippen LogP contribution in [0.4, 0.5) is 14.9 Å². The maximum atomic E-state index is 13.2. The van der Waals surface area contributed by atoms with Crippen LogP contribution in [0.3, 0.4) is 0 Å². The Hall–Kier alpha value is -3.14. The van der Waals surface area contributed by atoms with Crippen molar-refractivity contribution in [1.82, 2.24) is 4.90 Å². The largest absolute Gasteiger partial charge is 0.457 e. The van der Waals surface area contributed by atoms with Crippen molar-refractivity contribution in [3.05, 3.63) is 90.7 Å². The molecule has 0 bridgehead atoms. The monoisotopic (exact) mass is 492 g/mol. The molecule has 2 heterocycles. The Bertz CT molecular complexity index is 1310. The van der Waals surface area contributed by atoms with Gasteiger partial charge in [-0.1, -0.05) is 29.3 Å². The summed E-state index contributed by atoms with van der Waals surface area (Å²) in [5, 5.41) is 10.7. The minimum atomic E-state index is -0.598. The summed E-state index contributed by atoms with van der Waals surface area (Å²) in [5.74, 6) is -0.454. The molecule has 1 saturated heterocycles. The van der Waals surface area contributed by atoms with Gasteiger partial charge in [0.25, 0.3) is 16.8 Å². The first-order valence-corrected chi connectivity index (χ1v) is 10.5. The van der Waals surface area contributed by atoms with Gasteiger partial charge in [0.1, 0.15) is 22.4 Å². The number of thioether (sulfide) groups is 1. The van der Waals surface area contributed by atoms with Gasteiger partial charge in [-0.25, -0.2) is 4.39 Å². The van der Waals surface area contributed by atoms with Gasteiger partial charge >= 0.3 is 0 Å². The zero-order valence-electron chi connectivity index (χ0n) is 15.9. The fourth-order valence-corrected chi connectivity index (χ4v) is 4.21. The topological polar surface area (TPSA) is 93.7 Å². The van der Waals surface area contributed by atoms with Crippen LogP contribution in [0.2, 0.25) is 10.0 Å². The normalized spacial score (nSPS) is 15.1. The second-order valence-corrected chi connectivity index (χ2v) is 8.44. The zero-order valence-corrected chi connectivity index (χ0v) is 18.2. The van der Waals surface area contributed by atoms with Gasteiger partial charge in [0.05, 0.1) is 16.4 Å². The van der Waals surface area contributed by atoms with Gasteiger partial charge in [0.15, 0.2) is 0 Å². The average Bonchev–Trinajstić information content (AvgIpc) is 3.30. The molecule has 1 fully saturated rings. The number of carbonyl (C=O) groups is 2. The molecule has 0 spiro atoms. The number of hydrogen-bond donors (Lipinski definition) is 0. The predicted molar refractivity (Wildman–Crippen MR) is 119 cm³/mol. The minimum absolute atomic E-state index is 0.000427. The van der Waals surface area contributed by atoms with Crippen LogP contribution in [-0.4, -0.2) is 21.0 Å². The van der Waals surface area contributed by atoms with Crippen LogP contribution < -0.4 is 0 Å². The number of amides is 2. The number of furan rings is 1. The Balaban J connectivity index is 1.56. The maximum Gasteiger partial charge on any atom is 0.293 e. The van der Waals surface area contributed by atoms with E-state index in [9.17, 15) is 24.1 Å². The summed E-state index contributed by atoms with van der Waals surface area (Å²) < 4.78 is 18.9. The van der Waals surface area contributed by atoms with E-state index >= 15 is 0 Å². The van der Waals surface area contributed by atoms with E-state index in [2.05, 4.69) is 0 Å². The molecule has 2 amide bonds. The van der Waals surface area contributed by atoms with E-state index in [-0.39, 0.29) is 32.9 Å². The van der Waals surface area contributed by atoms with Crippen LogP contribution in [0.25, 0.3) is 17.4 Å². The highest BCUT2D eigenvalue weighted by molar-refractivity contribution is 8.18. The van der Waals surface area contributed by atoms with Gasteiger partial charge in [0.2, 0.25) is 0 Å². The molecule has 2 aromatic carbocycles. The van der Waals surface area contributed by atoms with Crippen molar-refractivity contribution >= 4 is 57.9 Å². The Labute approximate surface area is 194 Å². The van der Waals surface area contributed by atoms with E-state index in [1.165, 1.54) is 30.3 Å². The molecule has 4 rings (SSSR count). The van der Waals surface area contributed by atoms with Crippen LogP contribution in [-0.2, 0) is 11.3 Å². The van der Waals surface area contributed by atoms with E-state index in [1.54, 1.807) is 18.2 Å². The lowest BCUT2D eigenvalue weighted by Crippen LogP contribution is -2.27. The smallest absolute Gasteiger partial charge is 0.293 e. The Kier molecular flexibility index (Phi) is 6.05. The maximum absolute atomic E-state index is 13.2. The molecule has 11 heteroatoms. The third-order valence-corrected chi connectivity index (χ3v) is 6.12. The molecule has 0 radical (unpaired) electrons. The number of imide groups is 1. The van der Waals surface area contributed by atoms with Crippen molar-refractivity contribution in [2.75, 3.05) is 0 Å². The van der Waals surface area contributed by atoms with Gasteiger partial charge in [0, 0.05) is 22.7 Å². The van der Waals surface area contributed by atoms with Crippen LogP contribution in [0.15, 0.2) is 57.9 Å². The molecule has 0 saturated carbocycles. The van der Waals surface area contributed by atoms with Gasteiger partial charge in [-0.3, -0.25) is 24.6 Å². The Morgan fingerprint density at radius 3 is 2.59 bits per heavy atom. The fourth-order valence-electron chi connectivity index (χ4n) is 2.98. The number of halogens is 3. The fraction of sp³-hybridized carbons (Fsp3) is 0.0476. The molecule has 3 aromatic rings. The number of carbonyl (C=O) groups excluding carboxylic acids is 2. The third kappa shape index (κ3) is 4.40. The number of nitro benzene ring substituents is 1. The molecule has 32 heavy (non-hydrogen) atoms. The number of rotatable bonds is 5. The number of benzene rings is 2. The van der Waals surface area contributed by atoms with Crippen LogP contribution >= 0.6 is 35.0 Å². The summed E-state index contributed by atoms with van der Waals surface area (Å²) in [6.45, 7) is -0.0982. The highest BCUT2D eigenvalue weighted by Crippen LogP contribution is 2.36. The highest BCUT2D eigenvalue weighted by atomic mass is 35.5. The van der Waals surface area contributed by atoms with Gasteiger partial charge < -0.3 is 4.42 Å². The number of nitrogens with zero attached hydrogens (tertiary/aromatic N) is 2. The summed E-state index contributed by atoms with van der Waals surface area (Å²) in [6.07, 6.45) is 1.41. The van der Waals surface area contributed by atoms with E-state index < -0.39 is 21.9 Å². The van der Waals surface area contributed by atoms with Crippen LogP contribution in [0.5, 0.6) is 0 Å². The van der Waals surface area contributed by atoms with Crippen LogP contribution in [0.1, 0.15) is 11.3 Å². The van der Waals surface area contributed by atoms with Gasteiger partial charge in [-0.15, -0.1) is 0 Å². The first kappa shape index (κ1) is 22.1. The average molecular weight is 493 g/mol. The summed E-state index contributed by atoms with van der Waals surface area (Å²) in [5.41, 5.74) is 0.601. The second-order valence-electron chi connectivity index (χ2n) is 6.63. The number of hydrogen-bond acceptors (Lipinski definition) is 6. The quantitative estimate of drug-likeness (QED) is 0.228. The molecular weight excluding hydrogens is 482 g/mol. The van der Waals surface area contributed by atoms with E-state index in [0.29, 0.717) is 16.9 Å². The molecule has 0 N–H and O–H groups in total. The summed E-state index contributed by atoms with van der Waals surface area (Å²) in [4.78, 5) is 36.7. The van der Waals surface area contributed by atoms with Crippen molar-refractivity contribution in [1.29, 1.82) is 0 Å². The van der Waals surface area contributed by atoms with Gasteiger partial charge in [-0.05, 0) is 53.7 Å². The lowest BCUT2D eigenvalue weighted by atomic mass is 10.1. The van der Waals surface area contributed by atoms with E-state index in [1.807, 2.05) is 0 Å². The van der Waals surface area contributed by atoms with Crippen molar-refractivity contribution in [2.45, 2.75) is 6.54 Å². The van der Waals surface area contributed by atoms with Crippen molar-refractivity contribution in [3.63, 3.8) is 0 Å². The van der Waals surface area contributed by atoms with Crippen molar-refractivity contribution in [3.8, 4) is 11.3 Å². The van der Waals surface area contributed by atoms with E-state index in [4.69, 9.17) is 27.6 Å². The second kappa shape index (κ2) is 8.78. The standard InChI is InChI=1S/C21H11Cl2FN2O5S/c22-15-5-2-11(7-17(15)26(29)30)18-6-4-14(31-18)9-19-20(27)25(21(28)32-19)10-12-1-3-13(24)8-16(12)23/h1-9H,10H2/b19-9+. The predicted octanol–water partition coefficient (Wildman–Crippen LogP) is 6.54. The SMILES string of the molecule is O=C1S/C(=C/c2ccc(-c3ccc(Cl)c([N+](=O)[O-])c3)o2)C(=O)N1Cc1ccc(F)cc1Cl. The van der Waals surface area contributed by atoms with Crippen molar-refractivity contribution in [2.24, 2.45) is 0 Å². The lowest BCUT2D eigenvalue weighted by molar-refractivity contribution is -0.384. The first-order valence-electron chi connectivity index (χ1n) is 8.96. The Morgan fingerprint density at radius 2 is 1.88 bits per heavy atom. The molecule has 162 valence electrons. The highest BCUT2D eigenvalue weighted by Gasteiger charge is 2.35. The molecule has 1 aliphatic rings. The first-order chi connectivity index (χ1) is 15.2. The molecular formula is C21H11Cl2FN2O5S. The zero-order chi connectivity index (χ0) is 23.0. The molecule has 1 aliphatic heterocycles. The molecule has 0 aliphatic carbocycles. The number of nitro groups is 1. The van der Waals surface area contributed by atoms with Crippen molar-refractivity contribution < 1.29 is 23.3 Å². The molecule has 0 atom stereocenters. The Morgan fingerprint density at radius 1 is 1.09 bits per heavy atom. The lowest BCUT2D eigenvalue weighted by Gasteiger charge is -2.13. The summed E-state index contributed by atoms with van der Waals surface area (Å²) >= 11 is 12.6.